The maximum Gasteiger partial charge on any atom is 0.346 e. The zero-order valence-corrected chi connectivity index (χ0v) is 13.6. The summed E-state index contributed by atoms with van der Waals surface area (Å²) >= 11 is 2.93. The van der Waals surface area contributed by atoms with Gasteiger partial charge in [-0.2, -0.15) is 11.8 Å². The fourth-order valence-corrected chi connectivity index (χ4v) is 3.57. The van der Waals surface area contributed by atoms with Gasteiger partial charge in [-0.3, -0.25) is 0 Å². The summed E-state index contributed by atoms with van der Waals surface area (Å²) < 4.78 is 14.7. The molecular weight excluding hydrogens is 309 g/mol. The van der Waals surface area contributed by atoms with Crippen molar-refractivity contribution in [3.63, 3.8) is 0 Å². The van der Waals surface area contributed by atoms with E-state index >= 15 is 0 Å². The molecule has 1 atom stereocenters. The molecule has 114 valence electrons. The second-order valence-electron chi connectivity index (χ2n) is 4.84. The Bertz CT molecular complexity index is 642. The van der Waals surface area contributed by atoms with E-state index in [1.807, 2.05) is 0 Å². The van der Waals surface area contributed by atoms with Crippen molar-refractivity contribution >= 4 is 39.2 Å². The molecule has 0 amide bonds. The minimum Gasteiger partial charge on any atom is -0.477 e. The molecule has 3 nitrogen and oxygen atoms in total. The van der Waals surface area contributed by atoms with Crippen molar-refractivity contribution in [2.24, 2.45) is 0 Å². The van der Waals surface area contributed by atoms with Crippen molar-refractivity contribution < 1.29 is 14.3 Å². The number of rotatable bonds is 7. The molecule has 0 aliphatic rings. The largest absolute Gasteiger partial charge is 0.477 e. The predicted molar refractivity (Wildman–Crippen MR) is 88.0 cm³/mol. The number of carboxylic acids is 1. The lowest BCUT2D eigenvalue weighted by Gasteiger charge is -2.09. The molecule has 0 aliphatic heterocycles. The fraction of sp³-hybridized carbons (Fsp3) is 0.400. The van der Waals surface area contributed by atoms with Gasteiger partial charge in [0.2, 0.25) is 0 Å². The van der Waals surface area contributed by atoms with E-state index in [0.29, 0.717) is 27.4 Å². The third kappa shape index (κ3) is 3.75. The monoisotopic (exact) mass is 327 g/mol. The maximum atomic E-state index is 14.0. The van der Waals surface area contributed by atoms with Gasteiger partial charge in [-0.15, -0.1) is 11.3 Å². The van der Waals surface area contributed by atoms with Crippen LogP contribution in [0.15, 0.2) is 18.2 Å². The summed E-state index contributed by atoms with van der Waals surface area (Å²) in [6.07, 6.45) is 3.06. The van der Waals surface area contributed by atoms with Crippen LogP contribution in [0.5, 0.6) is 0 Å². The topological polar surface area (TPSA) is 49.3 Å². The molecule has 2 aromatic rings. The maximum absolute atomic E-state index is 14.0. The Labute approximate surface area is 131 Å². The van der Waals surface area contributed by atoms with Crippen LogP contribution >= 0.6 is 23.1 Å². The van der Waals surface area contributed by atoms with Crippen LogP contribution in [0.1, 0.15) is 28.6 Å². The van der Waals surface area contributed by atoms with E-state index in [9.17, 15) is 14.3 Å². The molecule has 6 heteroatoms. The molecule has 1 aromatic carbocycles. The first-order chi connectivity index (χ1) is 10.0. The van der Waals surface area contributed by atoms with Crippen LogP contribution < -0.4 is 5.32 Å². The molecule has 21 heavy (non-hydrogen) atoms. The SMILES string of the molecule is CSC(C)CCNCc1c(C(=O)O)sc2cccc(F)c12. The summed E-state index contributed by atoms with van der Waals surface area (Å²) in [7, 11) is 0. The number of hydrogen-bond acceptors (Lipinski definition) is 4. The fourth-order valence-electron chi connectivity index (χ4n) is 2.15. The van der Waals surface area contributed by atoms with Crippen LogP contribution in [0, 0.1) is 5.82 Å². The summed E-state index contributed by atoms with van der Waals surface area (Å²) in [5.74, 6) is -1.35. The van der Waals surface area contributed by atoms with E-state index in [-0.39, 0.29) is 10.7 Å². The average molecular weight is 327 g/mol. The Morgan fingerprint density at radius 1 is 1.52 bits per heavy atom. The van der Waals surface area contributed by atoms with Crippen LogP contribution in [-0.2, 0) is 6.54 Å². The molecule has 1 aromatic heterocycles. The number of thioether (sulfide) groups is 1. The number of thiophene rings is 1. The van der Waals surface area contributed by atoms with Gasteiger partial charge in [0, 0.05) is 27.4 Å². The first-order valence-corrected chi connectivity index (χ1v) is 8.81. The third-order valence-corrected chi connectivity index (χ3v) is 5.61. The number of carboxylic acid groups (broad SMARTS) is 1. The Balaban J connectivity index is 2.20. The van der Waals surface area contributed by atoms with Crippen molar-refractivity contribution in [3.05, 3.63) is 34.5 Å². The van der Waals surface area contributed by atoms with Crippen molar-refractivity contribution in [3.8, 4) is 0 Å². The number of benzene rings is 1. The molecule has 0 aliphatic carbocycles. The minimum absolute atomic E-state index is 0.223. The van der Waals surface area contributed by atoms with E-state index < -0.39 is 5.97 Å². The second kappa shape index (κ2) is 7.24. The van der Waals surface area contributed by atoms with E-state index in [0.717, 1.165) is 24.3 Å². The molecule has 0 bridgehead atoms. The van der Waals surface area contributed by atoms with Crippen LogP contribution in [0.25, 0.3) is 10.1 Å². The summed E-state index contributed by atoms with van der Waals surface area (Å²) in [4.78, 5) is 11.6. The number of halogens is 1. The van der Waals surface area contributed by atoms with Gasteiger partial charge in [0.25, 0.3) is 0 Å². The summed E-state index contributed by atoms with van der Waals surface area (Å²) in [5.41, 5.74) is 0.553. The van der Waals surface area contributed by atoms with Crippen LogP contribution in [-0.4, -0.2) is 29.1 Å². The smallest absolute Gasteiger partial charge is 0.346 e. The van der Waals surface area contributed by atoms with Crippen LogP contribution in [0.2, 0.25) is 0 Å². The Morgan fingerprint density at radius 3 is 2.95 bits per heavy atom. The molecule has 0 saturated heterocycles. The van der Waals surface area contributed by atoms with E-state index in [1.54, 1.807) is 23.9 Å². The first kappa shape index (κ1) is 16.3. The zero-order chi connectivity index (χ0) is 15.4. The number of nitrogens with one attached hydrogen (secondary N) is 1. The second-order valence-corrected chi connectivity index (χ2v) is 7.17. The number of carbonyl (C=O) groups is 1. The lowest BCUT2D eigenvalue weighted by atomic mass is 10.1. The van der Waals surface area contributed by atoms with Crippen molar-refractivity contribution in [2.45, 2.75) is 25.1 Å². The van der Waals surface area contributed by atoms with Crippen LogP contribution in [0.3, 0.4) is 0 Å². The number of aromatic carboxylic acids is 1. The molecule has 2 rings (SSSR count). The van der Waals surface area contributed by atoms with Crippen molar-refractivity contribution in [1.29, 1.82) is 0 Å². The molecule has 0 spiro atoms. The Hall–Kier alpha value is -1.11. The molecule has 0 fully saturated rings. The van der Waals surface area contributed by atoms with Gasteiger partial charge in [-0.1, -0.05) is 13.0 Å². The highest BCUT2D eigenvalue weighted by Crippen LogP contribution is 2.33. The van der Waals surface area contributed by atoms with Gasteiger partial charge in [0.15, 0.2) is 0 Å². The van der Waals surface area contributed by atoms with E-state index in [2.05, 4.69) is 18.5 Å². The quantitative estimate of drug-likeness (QED) is 0.756. The van der Waals surface area contributed by atoms with Crippen molar-refractivity contribution in [1.82, 2.24) is 5.32 Å². The van der Waals surface area contributed by atoms with E-state index in [1.165, 1.54) is 6.07 Å². The highest BCUT2D eigenvalue weighted by molar-refractivity contribution is 7.99. The molecular formula is C15H18FNO2S2. The molecule has 1 unspecified atom stereocenters. The zero-order valence-electron chi connectivity index (χ0n) is 12.0. The van der Waals surface area contributed by atoms with Gasteiger partial charge in [-0.25, -0.2) is 9.18 Å². The number of fused-ring (bicyclic) bond motifs is 1. The molecule has 2 N–H and O–H groups in total. The lowest BCUT2D eigenvalue weighted by molar-refractivity contribution is 0.0701. The lowest BCUT2D eigenvalue weighted by Crippen LogP contribution is -2.18. The van der Waals surface area contributed by atoms with Crippen LogP contribution in [0.4, 0.5) is 4.39 Å². The van der Waals surface area contributed by atoms with Gasteiger partial charge in [0.1, 0.15) is 10.7 Å². The van der Waals surface area contributed by atoms with Gasteiger partial charge < -0.3 is 10.4 Å². The molecule has 0 saturated carbocycles. The molecule has 1 heterocycles. The standard InChI is InChI=1S/C15H18FNO2S2/c1-9(20-2)6-7-17-8-10-13-11(16)4-3-5-12(13)21-14(10)15(18)19/h3-5,9,17H,6-8H2,1-2H3,(H,18,19). The van der Waals surface area contributed by atoms with E-state index in [4.69, 9.17) is 0 Å². The van der Waals surface area contributed by atoms with Crippen molar-refractivity contribution in [2.75, 3.05) is 12.8 Å². The van der Waals surface area contributed by atoms with Gasteiger partial charge >= 0.3 is 5.97 Å². The third-order valence-electron chi connectivity index (χ3n) is 3.39. The minimum atomic E-state index is -0.995. The Morgan fingerprint density at radius 2 is 2.29 bits per heavy atom. The first-order valence-electron chi connectivity index (χ1n) is 6.71. The normalized spacial score (nSPS) is 12.7. The van der Waals surface area contributed by atoms with Gasteiger partial charge in [-0.05, 0) is 31.4 Å². The highest BCUT2D eigenvalue weighted by Gasteiger charge is 2.19. The van der Waals surface area contributed by atoms with Gasteiger partial charge in [0.05, 0.1) is 0 Å². The number of hydrogen-bond donors (Lipinski definition) is 2. The predicted octanol–water partition coefficient (Wildman–Crippen LogP) is 3.97. The summed E-state index contributed by atoms with van der Waals surface area (Å²) in [6, 6.07) is 4.74. The molecule has 0 radical (unpaired) electrons. The Kier molecular flexibility index (Phi) is 5.61. The summed E-state index contributed by atoms with van der Waals surface area (Å²) in [6.45, 7) is 3.31. The average Bonchev–Trinajstić information content (AvgIpc) is 2.83. The summed E-state index contributed by atoms with van der Waals surface area (Å²) in [5, 5.41) is 13.5. The highest BCUT2D eigenvalue weighted by atomic mass is 32.2.